The zero-order valence-corrected chi connectivity index (χ0v) is 9.22. The Labute approximate surface area is 91.7 Å². The summed E-state index contributed by atoms with van der Waals surface area (Å²) in [6, 6.07) is 3.59. The molecule has 0 aliphatic rings. The van der Waals surface area contributed by atoms with E-state index in [1.165, 1.54) is 38.1 Å². The van der Waals surface area contributed by atoms with Crippen LogP contribution < -0.4 is 0 Å². The molecule has 0 heterocycles. The molecule has 0 saturated heterocycles. The van der Waals surface area contributed by atoms with Crippen molar-refractivity contribution in [2.75, 3.05) is 14.1 Å². The van der Waals surface area contributed by atoms with E-state index in [1.807, 2.05) is 0 Å². The lowest BCUT2D eigenvalue weighted by atomic mass is 10.0. The number of carbonyl (C=O) groups excluding carboxylic acids is 1. The first-order chi connectivity index (χ1) is 7.23. The van der Waals surface area contributed by atoms with Crippen molar-refractivity contribution in [2.24, 2.45) is 0 Å². The highest BCUT2D eigenvalue weighted by atomic mass is 19.4. The number of aryl methyl sites for hydroxylation is 1. The summed E-state index contributed by atoms with van der Waals surface area (Å²) in [5.41, 5.74) is -0.606. The molecule has 1 rings (SSSR count). The standard InChI is InChI=1S/C11H12F3NO/c1-7-4-5-8(10(16)15(2)3)6-9(7)11(12,13)14/h4-6H,1-3H3. The van der Waals surface area contributed by atoms with E-state index in [-0.39, 0.29) is 11.1 Å². The minimum absolute atomic E-state index is 0.0444. The van der Waals surface area contributed by atoms with Gasteiger partial charge in [-0.2, -0.15) is 13.2 Å². The Kier molecular flexibility index (Phi) is 3.26. The maximum absolute atomic E-state index is 12.6. The second-order valence-electron chi connectivity index (χ2n) is 3.73. The molecule has 1 amide bonds. The van der Waals surface area contributed by atoms with Crippen LogP contribution in [-0.4, -0.2) is 24.9 Å². The van der Waals surface area contributed by atoms with Gasteiger partial charge in [-0.15, -0.1) is 0 Å². The Hall–Kier alpha value is -1.52. The second-order valence-corrected chi connectivity index (χ2v) is 3.73. The fraction of sp³-hybridized carbons (Fsp3) is 0.364. The van der Waals surface area contributed by atoms with Gasteiger partial charge in [0.2, 0.25) is 0 Å². The summed E-state index contributed by atoms with van der Waals surface area (Å²) in [5.74, 6) is -0.439. The van der Waals surface area contributed by atoms with Gasteiger partial charge in [0, 0.05) is 19.7 Å². The maximum atomic E-state index is 12.6. The van der Waals surface area contributed by atoms with Crippen LogP contribution in [0.4, 0.5) is 13.2 Å². The smallest absolute Gasteiger partial charge is 0.345 e. The highest BCUT2D eigenvalue weighted by Gasteiger charge is 2.33. The van der Waals surface area contributed by atoms with Gasteiger partial charge in [0.25, 0.3) is 5.91 Å². The maximum Gasteiger partial charge on any atom is 0.416 e. The van der Waals surface area contributed by atoms with Gasteiger partial charge in [0.15, 0.2) is 0 Å². The summed E-state index contributed by atoms with van der Waals surface area (Å²) in [7, 11) is 2.99. The van der Waals surface area contributed by atoms with E-state index >= 15 is 0 Å². The zero-order chi connectivity index (χ0) is 12.5. The Bertz CT molecular complexity index is 410. The molecule has 0 spiro atoms. The molecule has 0 fully saturated rings. The van der Waals surface area contributed by atoms with Crippen LogP contribution in [-0.2, 0) is 6.18 Å². The van der Waals surface area contributed by atoms with E-state index in [1.54, 1.807) is 0 Å². The normalized spacial score (nSPS) is 11.4. The molecular formula is C11H12F3NO. The fourth-order valence-corrected chi connectivity index (χ4v) is 1.32. The van der Waals surface area contributed by atoms with Crippen LogP contribution in [0.5, 0.6) is 0 Å². The molecule has 1 aromatic carbocycles. The minimum Gasteiger partial charge on any atom is -0.345 e. The lowest BCUT2D eigenvalue weighted by Gasteiger charge is -2.14. The van der Waals surface area contributed by atoms with E-state index in [0.717, 1.165) is 6.07 Å². The number of hydrogen-bond donors (Lipinski definition) is 0. The van der Waals surface area contributed by atoms with Crippen molar-refractivity contribution in [2.45, 2.75) is 13.1 Å². The summed E-state index contributed by atoms with van der Waals surface area (Å²) < 4.78 is 37.7. The quantitative estimate of drug-likeness (QED) is 0.727. The molecule has 1 aromatic rings. The van der Waals surface area contributed by atoms with Gasteiger partial charge < -0.3 is 4.90 Å². The number of hydrogen-bond acceptors (Lipinski definition) is 1. The molecule has 0 aromatic heterocycles. The van der Waals surface area contributed by atoms with Crippen LogP contribution >= 0.6 is 0 Å². The average molecular weight is 231 g/mol. The number of amides is 1. The summed E-state index contributed by atoms with van der Waals surface area (Å²) in [6.45, 7) is 1.37. The van der Waals surface area contributed by atoms with Crippen molar-refractivity contribution in [3.05, 3.63) is 34.9 Å². The summed E-state index contributed by atoms with van der Waals surface area (Å²) in [4.78, 5) is 12.7. The van der Waals surface area contributed by atoms with Crippen molar-refractivity contribution in [3.63, 3.8) is 0 Å². The number of alkyl halides is 3. The van der Waals surface area contributed by atoms with Crippen LogP contribution in [0.2, 0.25) is 0 Å². The van der Waals surface area contributed by atoms with Gasteiger partial charge in [0.05, 0.1) is 5.56 Å². The Morgan fingerprint density at radius 3 is 2.25 bits per heavy atom. The third-order valence-corrected chi connectivity index (χ3v) is 2.20. The lowest BCUT2D eigenvalue weighted by molar-refractivity contribution is -0.138. The van der Waals surface area contributed by atoms with E-state index in [2.05, 4.69) is 0 Å². The van der Waals surface area contributed by atoms with Crippen molar-refractivity contribution in [3.8, 4) is 0 Å². The fourth-order valence-electron chi connectivity index (χ4n) is 1.32. The first-order valence-corrected chi connectivity index (χ1v) is 4.63. The highest BCUT2D eigenvalue weighted by molar-refractivity contribution is 5.94. The first-order valence-electron chi connectivity index (χ1n) is 4.63. The van der Waals surface area contributed by atoms with Gasteiger partial charge >= 0.3 is 6.18 Å². The van der Waals surface area contributed by atoms with Crippen LogP contribution in [0.25, 0.3) is 0 Å². The highest BCUT2D eigenvalue weighted by Crippen LogP contribution is 2.32. The first kappa shape index (κ1) is 12.5. The second kappa shape index (κ2) is 4.15. The topological polar surface area (TPSA) is 20.3 Å². The molecule has 0 N–H and O–H groups in total. The van der Waals surface area contributed by atoms with Gasteiger partial charge in [-0.3, -0.25) is 4.79 Å². The van der Waals surface area contributed by atoms with Gasteiger partial charge in [-0.1, -0.05) is 6.07 Å². The molecule has 0 aliphatic carbocycles. The molecule has 5 heteroatoms. The molecule has 0 saturated carbocycles. The van der Waals surface area contributed by atoms with Crippen molar-refractivity contribution >= 4 is 5.91 Å². The van der Waals surface area contributed by atoms with Crippen LogP contribution in [0.1, 0.15) is 21.5 Å². The lowest BCUT2D eigenvalue weighted by Crippen LogP contribution is -2.22. The van der Waals surface area contributed by atoms with Crippen LogP contribution in [0.3, 0.4) is 0 Å². The predicted molar refractivity (Wildman–Crippen MR) is 54.2 cm³/mol. The Morgan fingerprint density at radius 2 is 1.81 bits per heavy atom. The van der Waals surface area contributed by atoms with E-state index in [0.29, 0.717) is 0 Å². The number of rotatable bonds is 1. The molecule has 16 heavy (non-hydrogen) atoms. The predicted octanol–water partition coefficient (Wildman–Crippen LogP) is 2.72. The Morgan fingerprint density at radius 1 is 1.25 bits per heavy atom. The number of carbonyl (C=O) groups is 1. The molecule has 0 bridgehead atoms. The Balaban J connectivity index is 3.23. The number of nitrogens with zero attached hydrogens (tertiary/aromatic N) is 1. The van der Waals surface area contributed by atoms with Crippen molar-refractivity contribution in [1.82, 2.24) is 4.90 Å². The SMILES string of the molecule is Cc1ccc(C(=O)N(C)C)cc1C(F)(F)F. The number of halogens is 3. The molecule has 0 atom stereocenters. The molecule has 0 radical (unpaired) electrons. The third-order valence-electron chi connectivity index (χ3n) is 2.20. The van der Waals surface area contributed by atoms with E-state index < -0.39 is 17.6 Å². The van der Waals surface area contributed by atoms with Gasteiger partial charge in [-0.05, 0) is 24.6 Å². The van der Waals surface area contributed by atoms with Gasteiger partial charge in [0.1, 0.15) is 0 Å². The van der Waals surface area contributed by atoms with Crippen LogP contribution in [0.15, 0.2) is 18.2 Å². The van der Waals surface area contributed by atoms with Crippen molar-refractivity contribution < 1.29 is 18.0 Å². The van der Waals surface area contributed by atoms with E-state index in [9.17, 15) is 18.0 Å². The van der Waals surface area contributed by atoms with Gasteiger partial charge in [-0.25, -0.2) is 0 Å². The number of benzene rings is 1. The monoisotopic (exact) mass is 231 g/mol. The molecule has 0 unspecified atom stereocenters. The largest absolute Gasteiger partial charge is 0.416 e. The molecule has 88 valence electrons. The molecule has 0 aliphatic heterocycles. The van der Waals surface area contributed by atoms with E-state index in [4.69, 9.17) is 0 Å². The van der Waals surface area contributed by atoms with Crippen molar-refractivity contribution in [1.29, 1.82) is 0 Å². The van der Waals surface area contributed by atoms with Crippen LogP contribution in [0, 0.1) is 6.92 Å². The zero-order valence-electron chi connectivity index (χ0n) is 9.22. The summed E-state index contributed by atoms with van der Waals surface area (Å²) in [6.07, 6.45) is -4.42. The third kappa shape index (κ3) is 2.53. The molecule has 2 nitrogen and oxygen atoms in total. The molecular weight excluding hydrogens is 219 g/mol. The summed E-state index contributed by atoms with van der Waals surface area (Å²) in [5, 5.41) is 0. The summed E-state index contributed by atoms with van der Waals surface area (Å²) >= 11 is 0. The minimum atomic E-state index is -4.42. The average Bonchev–Trinajstić information content (AvgIpc) is 2.15.